The lowest BCUT2D eigenvalue weighted by molar-refractivity contribution is -0.131. The molecule has 0 aliphatic carbocycles. The zero-order valence-electron chi connectivity index (χ0n) is 19.4. The van der Waals surface area contributed by atoms with Crippen molar-refractivity contribution in [3.05, 3.63) is 54.1 Å². The molecule has 0 radical (unpaired) electrons. The summed E-state index contributed by atoms with van der Waals surface area (Å²) in [7, 11) is -2.13. The Kier molecular flexibility index (Phi) is 9.03. The van der Waals surface area contributed by atoms with E-state index < -0.39 is 10.0 Å². The Balaban J connectivity index is 1.39. The van der Waals surface area contributed by atoms with Crippen LogP contribution in [0.5, 0.6) is 5.75 Å². The highest BCUT2D eigenvalue weighted by atomic mass is 32.2. The minimum absolute atomic E-state index is 0.00170. The molecule has 0 bridgehead atoms. The van der Waals surface area contributed by atoms with Crippen molar-refractivity contribution in [3.63, 3.8) is 0 Å². The first-order valence-electron chi connectivity index (χ1n) is 11.3. The Bertz CT molecular complexity index is 1070. The third-order valence-electron chi connectivity index (χ3n) is 5.85. The van der Waals surface area contributed by atoms with Gasteiger partial charge in [-0.05, 0) is 61.3 Å². The lowest BCUT2D eigenvalue weighted by Gasteiger charge is -2.22. The van der Waals surface area contributed by atoms with E-state index in [1.54, 1.807) is 7.11 Å². The molecule has 0 aromatic heterocycles. The van der Waals surface area contributed by atoms with Gasteiger partial charge in [-0.2, -0.15) is 0 Å². The molecular weight excluding hydrogens is 456 g/mol. The topological polar surface area (TPSA) is 122 Å². The Hall–Kier alpha value is -2.95. The number of carbonyl (C=O) groups excluding carboxylic acids is 2. The summed E-state index contributed by atoms with van der Waals surface area (Å²) in [5, 5.41) is 7.85. The second-order valence-corrected chi connectivity index (χ2v) is 9.85. The number of nitrogens with zero attached hydrogens (tertiary/aromatic N) is 2. The van der Waals surface area contributed by atoms with Crippen LogP contribution in [0, 0.1) is 0 Å². The van der Waals surface area contributed by atoms with Gasteiger partial charge in [0.25, 0.3) is 0 Å². The van der Waals surface area contributed by atoms with Crippen molar-refractivity contribution in [1.82, 2.24) is 9.80 Å². The lowest BCUT2D eigenvalue weighted by atomic mass is 10.1. The second-order valence-electron chi connectivity index (χ2n) is 8.29. The number of anilines is 1. The molecule has 0 atom stereocenters. The number of rotatable bonds is 9. The summed E-state index contributed by atoms with van der Waals surface area (Å²) in [5.41, 5.74) is 1.62. The van der Waals surface area contributed by atoms with E-state index in [0.717, 1.165) is 37.4 Å². The molecule has 184 valence electrons. The van der Waals surface area contributed by atoms with Gasteiger partial charge in [0.2, 0.25) is 21.8 Å². The molecule has 34 heavy (non-hydrogen) atoms. The van der Waals surface area contributed by atoms with Crippen molar-refractivity contribution < 1.29 is 22.7 Å². The number of nitrogens with one attached hydrogen (secondary N) is 1. The van der Waals surface area contributed by atoms with E-state index in [2.05, 4.69) is 10.2 Å². The van der Waals surface area contributed by atoms with Crippen molar-refractivity contribution in [2.45, 2.75) is 30.6 Å². The van der Waals surface area contributed by atoms with Gasteiger partial charge in [0.15, 0.2) is 0 Å². The number of hydrogen-bond acceptors (Lipinski definition) is 6. The number of sulfonamides is 1. The number of benzene rings is 2. The normalized spacial score (nSPS) is 14.9. The van der Waals surface area contributed by atoms with Crippen LogP contribution in [0.2, 0.25) is 0 Å². The number of aryl methyl sites for hydroxylation is 1. The fourth-order valence-electron chi connectivity index (χ4n) is 3.86. The van der Waals surface area contributed by atoms with Crippen LogP contribution in [-0.4, -0.2) is 69.9 Å². The van der Waals surface area contributed by atoms with E-state index >= 15 is 0 Å². The van der Waals surface area contributed by atoms with Crippen LogP contribution in [0.25, 0.3) is 0 Å². The molecule has 1 aliphatic heterocycles. The van der Waals surface area contributed by atoms with E-state index in [0.29, 0.717) is 38.0 Å². The van der Waals surface area contributed by atoms with Crippen LogP contribution in [0.4, 0.5) is 5.69 Å². The van der Waals surface area contributed by atoms with Crippen molar-refractivity contribution in [3.8, 4) is 5.75 Å². The largest absolute Gasteiger partial charge is 0.497 e. The molecule has 2 aromatic carbocycles. The van der Waals surface area contributed by atoms with E-state index in [1.807, 2.05) is 29.2 Å². The van der Waals surface area contributed by atoms with Crippen LogP contribution in [0.1, 0.15) is 24.8 Å². The van der Waals surface area contributed by atoms with Crippen LogP contribution in [0.3, 0.4) is 0 Å². The molecule has 9 nitrogen and oxygen atoms in total. The smallest absolute Gasteiger partial charge is 0.238 e. The summed E-state index contributed by atoms with van der Waals surface area (Å²) in [6.45, 7) is 3.52. The van der Waals surface area contributed by atoms with Crippen molar-refractivity contribution in [2.24, 2.45) is 5.14 Å². The third-order valence-corrected chi connectivity index (χ3v) is 6.78. The molecule has 0 unspecified atom stereocenters. The summed E-state index contributed by atoms with van der Waals surface area (Å²) in [4.78, 5) is 29.1. The Labute approximate surface area is 200 Å². The summed E-state index contributed by atoms with van der Waals surface area (Å²) >= 11 is 0. The zero-order chi connectivity index (χ0) is 24.6. The highest BCUT2D eigenvalue weighted by molar-refractivity contribution is 7.89. The van der Waals surface area contributed by atoms with Crippen LogP contribution in [0.15, 0.2) is 53.4 Å². The fourth-order valence-corrected chi connectivity index (χ4v) is 4.37. The molecule has 10 heteroatoms. The van der Waals surface area contributed by atoms with E-state index in [9.17, 15) is 18.0 Å². The molecule has 1 saturated heterocycles. The summed E-state index contributed by atoms with van der Waals surface area (Å²) < 4.78 is 27.8. The molecule has 0 saturated carbocycles. The van der Waals surface area contributed by atoms with Gasteiger partial charge in [0, 0.05) is 44.7 Å². The van der Waals surface area contributed by atoms with Crippen molar-refractivity contribution in [2.75, 3.05) is 45.2 Å². The molecule has 1 aliphatic rings. The maximum Gasteiger partial charge on any atom is 0.238 e. The predicted octanol–water partition coefficient (Wildman–Crippen LogP) is 1.84. The SMILES string of the molecule is COc1ccc(CCC(=O)N2CCCN(CCC(=O)Nc3ccc(S(N)(=O)=O)cc3)CC2)cc1. The molecule has 1 heterocycles. The summed E-state index contributed by atoms with van der Waals surface area (Å²) in [6, 6.07) is 13.5. The standard InChI is InChI=1S/C24H32N4O5S/c1-33-21-8-3-19(4-9-21)5-12-24(30)28-15-2-14-27(17-18-28)16-13-23(29)26-20-6-10-22(11-7-20)34(25,31)32/h3-4,6-11H,2,5,12-18H2,1H3,(H,26,29)(H2,25,31,32). The molecule has 2 amide bonds. The number of methoxy groups -OCH3 is 1. The molecular formula is C24H32N4O5S. The zero-order valence-corrected chi connectivity index (χ0v) is 20.2. The number of ether oxygens (including phenoxy) is 1. The predicted molar refractivity (Wildman–Crippen MR) is 130 cm³/mol. The highest BCUT2D eigenvalue weighted by Crippen LogP contribution is 2.15. The Morgan fingerprint density at radius 2 is 1.68 bits per heavy atom. The number of hydrogen-bond donors (Lipinski definition) is 2. The van der Waals surface area contributed by atoms with Crippen LogP contribution >= 0.6 is 0 Å². The number of carbonyl (C=O) groups is 2. The molecule has 3 rings (SSSR count). The maximum absolute atomic E-state index is 12.7. The second kappa shape index (κ2) is 12.0. The lowest BCUT2D eigenvalue weighted by Crippen LogP contribution is -2.36. The molecule has 0 spiro atoms. The molecule has 1 fully saturated rings. The van der Waals surface area contributed by atoms with E-state index in [-0.39, 0.29) is 16.7 Å². The van der Waals surface area contributed by atoms with Crippen molar-refractivity contribution in [1.29, 1.82) is 0 Å². The monoisotopic (exact) mass is 488 g/mol. The van der Waals surface area contributed by atoms with Gasteiger partial charge in [-0.25, -0.2) is 13.6 Å². The first-order chi connectivity index (χ1) is 16.2. The van der Waals surface area contributed by atoms with Crippen LogP contribution in [-0.2, 0) is 26.0 Å². The maximum atomic E-state index is 12.7. The van der Waals surface area contributed by atoms with Gasteiger partial charge in [0.05, 0.1) is 12.0 Å². The van der Waals surface area contributed by atoms with Crippen LogP contribution < -0.4 is 15.2 Å². The minimum Gasteiger partial charge on any atom is -0.497 e. The minimum atomic E-state index is -3.76. The van der Waals surface area contributed by atoms with Gasteiger partial charge in [-0.1, -0.05) is 12.1 Å². The Morgan fingerprint density at radius 3 is 2.32 bits per heavy atom. The van der Waals surface area contributed by atoms with Crippen molar-refractivity contribution >= 4 is 27.5 Å². The number of nitrogens with two attached hydrogens (primary N) is 1. The first kappa shape index (κ1) is 25.7. The van der Waals surface area contributed by atoms with E-state index in [4.69, 9.17) is 9.88 Å². The Morgan fingerprint density at radius 1 is 0.971 bits per heavy atom. The van der Waals surface area contributed by atoms with Gasteiger partial charge < -0.3 is 19.9 Å². The fraction of sp³-hybridized carbons (Fsp3) is 0.417. The van der Waals surface area contributed by atoms with E-state index in [1.165, 1.54) is 24.3 Å². The van der Waals surface area contributed by atoms with Gasteiger partial charge in [0.1, 0.15) is 5.75 Å². The average Bonchev–Trinajstić information content (AvgIpc) is 3.07. The third kappa shape index (κ3) is 7.82. The summed E-state index contributed by atoms with van der Waals surface area (Å²) in [5.74, 6) is 0.801. The average molecular weight is 489 g/mol. The summed E-state index contributed by atoms with van der Waals surface area (Å²) in [6.07, 6.45) is 2.34. The first-order valence-corrected chi connectivity index (χ1v) is 12.8. The molecule has 3 N–H and O–H groups in total. The quantitative estimate of drug-likeness (QED) is 0.555. The molecule has 2 aromatic rings. The van der Waals surface area contributed by atoms with Gasteiger partial charge in [-0.15, -0.1) is 0 Å². The number of primary sulfonamides is 1. The van der Waals surface area contributed by atoms with Gasteiger partial charge in [-0.3, -0.25) is 9.59 Å². The number of amides is 2. The highest BCUT2D eigenvalue weighted by Gasteiger charge is 2.19. The van der Waals surface area contributed by atoms with Gasteiger partial charge >= 0.3 is 0 Å².